The highest BCUT2D eigenvalue weighted by Crippen LogP contribution is 2.20. The third-order valence-corrected chi connectivity index (χ3v) is 4.93. The van der Waals surface area contributed by atoms with Crippen molar-refractivity contribution in [2.24, 2.45) is 0 Å². The van der Waals surface area contributed by atoms with Crippen LogP contribution in [0.3, 0.4) is 0 Å². The largest absolute Gasteiger partial charge is 0.449 e. The fourth-order valence-corrected chi connectivity index (χ4v) is 3.06. The minimum Gasteiger partial charge on any atom is -0.449 e. The second-order valence-corrected chi connectivity index (χ2v) is 7.10. The molecule has 9 heteroatoms. The number of amides is 1. The van der Waals surface area contributed by atoms with Crippen molar-refractivity contribution >= 4 is 28.4 Å². The molecule has 27 heavy (non-hydrogen) atoms. The molecule has 5 nitrogen and oxygen atoms in total. The molecule has 0 aromatic heterocycles. The third kappa shape index (κ3) is 4.73. The number of carbonyl (C=O) groups is 2. The summed E-state index contributed by atoms with van der Waals surface area (Å²) in [7, 11) is -1.42. The van der Waals surface area contributed by atoms with E-state index in [1.54, 1.807) is 19.1 Å². The van der Waals surface area contributed by atoms with E-state index in [-0.39, 0.29) is 16.2 Å². The van der Waals surface area contributed by atoms with Gasteiger partial charge in [0.15, 0.2) is 23.6 Å². The number of nitrogens with one attached hydrogen (secondary N) is 1. The van der Waals surface area contributed by atoms with Crippen LogP contribution in [0.1, 0.15) is 24.2 Å². The van der Waals surface area contributed by atoms with Gasteiger partial charge in [0, 0.05) is 5.75 Å². The van der Waals surface area contributed by atoms with Crippen LogP contribution in [0.25, 0.3) is 0 Å². The summed E-state index contributed by atoms with van der Waals surface area (Å²) in [6.45, 7) is 2.91. The number of hydrogen-bond donors (Lipinski definition) is 1. The summed E-state index contributed by atoms with van der Waals surface area (Å²) in [5, 5.41) is 2.03. The van der Waals surface area contributed by atoms with Crippen molar-refractivity contribution in [3.8, 4) is 0 Å². The van der Waals surface area contributed by atoms with E-state index in [1.165, 1.54) is 19.1 Å². The molecule has 2 aromatic carbocycles. The Morgan fingerprint density at radius 3 is 2.44 bits per heavy atom. The minimum absolute atomic E-state index is 0.0383. The van der Waals surface area contributed by atoms with Crippen molar-refractivity contribution in [1.29, 1.82) is 0 Å². The van der Waals surface area contributed by atoms with Gasteiger partial charge in [-0.25, -0.2) is 18.0 Å². The zero-order valence-corrected chi connectivity index (χ0v) is 15.2. The molecule has 0 radical (unpaired) electrons. The molecule has 0 unspecified atom stereocenters. The number of ether oxygens (including phenoxy) is 1. The molecule has 0 saturated carbocycles. The molecule has 2 aromatic rings. The average molecular weight is 399 g/mol. The molecule has 2 atom stereocenters. The van der Waals surface area contributed by atoms with E-state index in [4.69, 9.17) is 4.74 Å². The first-order valence-electron chi connectivity index (χ1n) is 7.89. The second-order valence-electron chi connectivity index (χ2n) is 5.39. The Morgan fingerprint density at radius 2 is 1.78 bits per heavy atom. The Labute approximate surface area is 156 Å². The first-order chi connectivity index (χ1) is 12.8. The molecule has 144 valence electrons. The van der Waals surface area contributed by atoms with E-state index in [9.17, 15) is 27.0 Å². The van der Waals surface area contributed by atoms with Crippen LogP contribution in [-0.4, -0.2) is 27.9 Å². The number of hydrogen-bond acceptors (Lipinski definition) is 4. The molecule has 0 fully saturated rings. The van der Waals surface area contributed by atoms with Crippen molar-refractivity contribution in [3.63, 3.8) is 0 Å². The highest BCUT2D eigenvalue weighted by Gasteiger charge is 2.24. The van der Waals surface area contributed by atoms with Crippen LogP contribution < -0.4 is 5.32 Å². The fraction of sp³-hybridized carbons (Fsp3) is 0.222. The summed E-state index contributed by atoms with van der Waals surface area (Å²) in [4.78, 5) is 24.6. The SMILES string of the molecule is CC[S@](=O)c1ccccc1C(=O)O[C@H](C)C(=O)Nc1ccc(F)c(F)c1F. The van der Waals surface area contributed by atoms with Gasteiger partial charge in [-0.15, -0.1) is 0 Å². The van der Waals surface area contributed by atoms with Crippen LogP contribution in [0.4, 0.5) is 18.9 Å². The standard InChI is InChI=1S/C18H16F3NO4S/c1-3-27(25)14-7-5-4-6-11(14)18(24)26-10(2)17(23)22-13-9-8-12(19)15(20)16(13)21/h4-10H,3H2,1-2H3,(H,22,23)/t10-,27+/m1/s1. The van der Waals surface area contributed by atoms with Crippen LogP contribution in [0.5, 0.6) is 0 Å². The van der Waals surface area contributed by atoms with Crippen LogP contribution in [-0.2, 0) is 20.3 Å². The highest BCUT2D eigenvalue weighted by atomic mass is 32.2. The summed E-state index contributed by atoms with van der Waals surface area (Å²) in [6, 6.07) is 7.58. The smallest absolute Gasteiger partial charge is 0.340 e. The van der Waals surface area contributed by atoms with Gasteiger partial charge in [0.05, 0.1) is 26.9 Å². The first kappa shape index (κ1) is 20.6. The van der Waals surface area contributed by atoms with Crippen molar-refractivity contribution in [2.75, 3.05) is 11.1 Å². The molecule has 0 aliphatic rings. The van der Waals surface area contributed by atoms with E-state index in [1.807, 2.05) is 5.32 Å². The maximum absolute atomic E-state index is 13.6. The normalized spacial score (nSPS) is 12.9. The van der Waals surface area contributed by atoms with Crippen molar-refractivity contribution in [1.82, 2.24) is 0 Å². The molecular formula is C18H16F3NO4S. The lowest BCUT2D eigenvalue weighted by molar-refractivity contribution is -0.123. The molecule has 0 aliphatic heterocycles. The van der Waals surface area contributed by atoms with E-state index >= 15 is 0 Å². The monoisotopic (exact) mass is 399 g/mol. The summed E-state index contributed by atoms with van der Waals surface area (Å²) in [5.41, 5.74) is -0.550. The van der Waals surface area contributed by atoms with Crippen LogP contribution in [0.15, 0.2) is 41.3 Å². The molecule has 1 N–H and O–H groups in total. The quantitative estimate of drug-likeness (QED) is 0.597. The molecule has 0 spiro atoms. The van der Waals surface area contributed by atoms with Gasteiger partial charge in [-0.3, -0.25) is 9.00 Å². The topological polar surface area (TPSA) is 72.5 Å². The second kappa shape index (κ2) is 8.81. The third-order valence-electron chi connectivity index (χ3n) is 3.56. The van der Waals surface area contributed by atoms with Gasteiger partial charge in [0.1, 0.15) is 0 Å². The van der Waals surface area contributed by atoms with Crippen molar-refractivity contribution in [3.05, 3.63) is 59.4 Å². The molecule has 0 heterocycles. The van der Waals surface area contributed by atoms with Gasteiger partial charge in [0.25, 0.3) is 5.91 Å². The van der Waals surface area contributed by atoms with E-state index in [0.717, 1.165) is 6.07 Å². The Bertz CT molecular complexity index is 904. The summed E-state index contributed by atoms with van der Waals surface area (Å²) >= 11 is 0. The van der Waals surface area contributed by atoms with Gasteiger partial charge in [-0.1, -0.05) is 19.1 Å². The maximum Gasteiger partial charge on any atom is 0.340 e. The molecule has 0 bridgehead atoms. The van der Waals surface area contributed by atoms with Crippen LogP contribution in [0.2, 0.25) is 0 Å². The molecular weight excluding hydrogens is 383 g/mol. The number of halogens is 3. The summed E-state index contributed by atoms with van der Waals surface area (Å²) < 4.78 is 56.8. The van der Waals surface area contributed by atoms with Crippen molar-refractivity contribution in [2.45, 2.75) is 24.8 Å². The van der Waals surface area contributed by atoms with Crippen LogP contribution >= 0.6 is 0 Å². The molecule has 2 rings (SSSR count). The molecule has 1 amide bonds. The van der Waals surface area contributed by atoms with E-state index in [2.05, 4.69) is 0 Å². The number of anilines is 1. The lowest BCUT2D eigenvalue weighted by Crippen LogP contribution is -2.30. The zero-order valence-electron chi connectivity index (χ0n) is 14.4. The highest BCUT2D eigenvalue weighted by molar-refractivity contribution is 7.85. The summed E-state index contributed by atoms with van der Waals surface area (Å²) in [6.07, 6.45) is -1.37. The zero-order chi connectivity index (χ0) is 20.1. The van der Waals surface area contributed by atoms with E-state index in [0.29, 0.717) is 6.07 Å². The first-order valence-corrected chi connectivity index (χ1v) is 9.20. The predicted molar refractivity (Wildman–Crippen MR) is 93.2 cm³/mol. The predicted octanol–water partition coefficient (Wildman–Crippen LogP) is 3.42. The lowest BCUT2D eigenvalue weighted by Gasteiger charge is -2.15. The lowest BCUT2D eigenvalue weighted by atomic mass is 10.2. The minimum atomic E-state index is -1.73. The van der Waals surface area contributed by atoms with Crippen LogP contribution in [0, 0.1) is 17.5 Å². The van der Waals surface area contributed by atoms with Gasteiger partial charge < -0.3 is 10.1 Å². The molecule has 0 saturated heterocycles. The van der Waals surface area contributed by atoms with Gasteiger partial charge in [0.2, 0.25) is 0 Å². The van der Waals surface area contributed by atoms with Crippen molar-refractivity contribution < 1.29 is 31.7 Å². The number of carbonyl (C=O) groups excluding carboxylic acids is 2. The Kier molecular flexibility index (Phi) is 6.73. The Morgan fingerprint density at radius 1 is 1.11 bits per heavy atom. The van der Waals surface area contributed by atoms with E-state index < -0.39 is 51.9 Å². The summed E-state index contributed by atoms with van der Waals surface area (Å²) in [5.74, 6) is -6.23. The van der Waals surface area contributed by atoms with Gasteiger partial charge in [-0.05, 0) is 31.2 Å². The number of benzene rings is 2. The van der Waals surface area contributed by atoms with Gasteiger partial charge in [-0.2, -0.15) is 0 Å². The Hall–Kier alpha value is -2.68. The Balaban J connectivity index is 2.12. The number of esters is 1. The van der Waals surface area contributed by atoms with Gasteiger partial charge >= 0.3 is 5.97 Å². The average Bonchev–Trinajstić information content (AvgIpc) is 2.67. The number of rotatable bonds is 6. The maximum atomic E-state index is 13.6. The fourth-order valence-electron chi connectivity index (χ4n) is 2.12. The molecule has 0 aliphatic carbocycles.